The van der Waals surface area contributed by atoms with Gasteiger partial charge in [0.2, 0.25) is 0 Å². The average molecular weight is 258 g/mol. The third-order valence-electron chi connectivity index (χ3n) is 2.27. The SMILES string of the molecule is CC(C)CCNS(=O)(=O)c1ccc(CO)cn1. The van der Waals surface area contributed by atoms with E-state index in [0.29, 0.717) is 18.0 Å². The van der Waals surface area contributed by atoms with E-state index in [1.165, 1.54) is 12.3 Å². The van der Waals surface area contributed by atoms with Crippen LogP contribution < -0.4 is 4.72 Å². The maximum atomic E-state index is 11.8. The van der Waals surface area contributed by atoms with Gasteiger partial charge in [0.1, 0.15) is 0 Å². The number of sulfonamides is 1. The van der Waals surface area contributed by atoms with Crippen molar-refractivity contribution in [1.29, 1.82) is 0 Å². The van der Waals surface area contributed by atoms with Crippen molar-refractivity contribution in [3.8, 4) is 0 Å². The molecule has 17 heavy (non-hydrogen) atoms. The number of hydrogen-bond acceptors (Lipinski definition) is 4. The minimum absolute atomic E-state index is 0.0153. The standard InChI is InChI=1S/C11H18N2O3S/c1-9(2)5-6-13-17(15,16)11-4-3-10(8-14)7-12-11/h3-4,7,9,13-14H,5-6,8H2,1-2H3. The number of pyridine rings is 1. The van der Waals surface area contributed by atoms with Gasteiger partial charge in [-0.1, -0.05) is 19.9 Å². The Labute approximate surface area is 102 Å². The van der Waals surface area contributed by atoms with Crippen LogP contribution in [0, 0.1) is 5.92 Å². The molecule has 0 aliphatic rings. The molecule has 0 unspecified atom stereocenters. The maximum absolute atomic E-state index is 11.8. The summed E-state index contributed by atoms with van der Waals surface area (Å²) in [6, 6.07) is 2.94. The van der Waals surface area contributed by atoms with Gasteiger partial charge >= 0.3 is 0 Å². The van der Waals surface area contributed by atoms with Crippen molar-refractivity contribution in [2.24, 2.45) is 5.92 Å². The Bertz CT molecular complexity index is 440. The van der Waals surface area contributed by atoms with Crippen LogP contribution in [0.4, 0.5) is 0 Å². The Morgan fingerprint density at radius 3 is 2.59 bits per heavy atom. The minimum atomic E-state index is -3.52. The zero-order valence-corrected chi connectivity index (χ0v) is 10.9. The van der Waals surface area contributed by atoms with Crippen molar-refractivity contribution in [2.45, 2.75) is 31.9 Å². The zero-order chi connectivity index (χ0) is 12.9. The highest BCUT2D eigenvalue weighted by Crippen LogP contribution is 2.07. The lowest BCUT2D eigenvalue weighted by Crippen LogP contribution is -2.26. The van der Waals surface area contributed by atoms with Crippen molar-refractivity contribution >= 4 is 10.0 Å². The molecule has 0 aliphatic carbocycles. The monoisotopic (exact) mass is 258 g/mol. The van der Waals surface area contributed by atoms with Gasteiger partial charge in [0.25, 0.3) is 10.0 Å². The fourth-order valence-corrected chi connectivity index (χ4v) is 2.19. The largest absolute Gasteiger partial charge is 0.392 e. The molecule has 2 N–H and O–H groups in total. The Balaban J connectivity index is 2.68. The summed E-state index contributed by atoms with van der Waals surface area (Å²) in [6.45, 7) is 4.32. The van der Waals surface area contributed by atoms with Crippen LogP contribution in [-0.2, 0) is 16.6 Å². The average Bonchev–Trinajstić information content (AvgIpc) is 2.28. The maximum Gasteiger partial charge on any atom is 0.258 e. The van der Waals surface area contributed by atoms with Crippen LogP contribution in [0.5, 0.6) is 0 Å². The lowest BCUT2D eigenvalue weighted by molar-refractivity contribution is 0.281. The Morgan fingerprint density at radius 2 is 2.12 bits per heavy atom. The molecule has 0 spiro atoms. The quantitative estimate of drug-likeness (QED) is 0.794. The van der Waals surface area contributed by atoms with E-state index < -0.39 is 10.0 Å². The van der Waals surface area contributed by atoms with Crippen molar-refractivity contribution in [2.75, 3.05) is 6.54 Å². The predicted molar refractivity (Wildman–Crippen MR) is 64.8 cm³/mol. The summed E-state index contributed by atoms with van der Waals surface area (Å²) in [5.41, 5.74) is 0.589. The van der Waals surface area contributed by atoms with E-state index >= 15 is 0 Å². The third-order valence-corrected chi connectivity index (χ3v) is 3.65. The Hall–Kier alpha value is -0.980. The Kier molecular flexibility index (Phi) is 5.04. The van der Waals surface area contributed by atoms with E-state index in [9.17, 15) is 8.42 Å². The fraction of sp³-hybridized carbons (Fsp3) is 0.545. The summed E-state index contributed by atoms with van der Waals surface area (Å²) < 4.78 is 26.0. The molecule has 0 atom stereocenters. The first kappa shape index (κ1) is 14.1. The van der Waals surface area contributed by atoms with Crippen molar-refractivity contribution in [3.05, 3.63) is 23.9 Å². The molecule has 0 aromatic carbocycles. The van der Waals surface area contributed by atoms with E-state index in [0.717, 1.165) is 6.42 Å². The molecule has 6 heteroatoms. The summed E-state index contributed by atoms with van der Waals surface area (Å²) >= 11 is 0. The molecule has 1 aromatic heterocycles. The van der Waals surface area contributed by atoms with Crippen molar-refractivity contribution in [3.63, 3.8) is 0 Å². The molecule has 0 aliphatic heterocycles. The van der Waals surface area contributed by atoms with Gasteiger partial charge in [0.05, 0.1) is 6.61 Å². The molecule has 0 radical (unpaired) electrons. The summed E-state index contributed by atoms with van der Waals surface area (Å²) in [7, 11) is -3.52. The molecule has 1 aromatic rings. The van der Waals surface area contributed by atoms with Crippen molar-refractivity contribution < 1.29 is 13.5 Å². The van der Waals surface area contributed by atoms with Gasteiger partial charge in [-0.2, -0.15) is 0 Å². The Morgan fingerprint density at radius 1 is 1.41 bits per heavy atom. The van der Waals surface area contributed by atoms with Gasteiger partial charge < -0.3 is 5.11 Å². The molecule has 0 fully saturated rings. The fourth-order valence-electron chi connectivity index (χ4n) is 1.22. The van der Waals surface area contributed by atoms with E-state index in [2.05, 4.69) is 9.71 Å². The second kappa shape index (κ2) is 6.09. The topological polar surface area (TPSA) is 79.3 Å². The van der Waals surface area contributed by atoms with Crippen LogP contribution in [0.1, 0.15) is 25.8 Å². The van der Waals surface area contributed by atoms with Crippen LogP contribution in [0.3, 0.4) is 0 Å². The molecule has 0 amide bonds. The first-order chi connectivity index (χ1) is 7.95. The van der Waals surface area contributed by atoms with Crippen LogP contribution >= 0.6 is 0 Å². The van der Waals surface area contributed by atoms with E-state index in [1.807, 2.05) is 13.8 Å². The van der Waals surface area contributed by atoms with E-state index in [-0.39, 0.29) is 11.6 Å². The number of aliphatic hydroxyl groups excluding tert-OH is 1. The predicted octanol–water partition coefficient (Wildman–Crippen LogP) is 0.898. The molecular weight excluding hydrogens is 240 g/mol. The minimum Gasteiger partial charge on any atom is -0.392 e. The van der Waals surface area contributed by atoms with Crippen LogP contribution in [0.15, 0.2) is 23.4 Å². The molecule has 0 saturated heterocycles. The second-order valence-electron chi connectivity index (χ2n) is 4.24. The zero-order valence-electron chi connectivity index (χ0n) is 10.0. The van der Waals surface area contributed by atoms with E-state index in [1.54, 1.807) is 6.07 Å². The van der Waals surface area contributed by atoms with Crippen LogP contribution in [0.2, 0.25) is 0 Å². The normalized spacial score (nSPS) is 12.0. The van der Waals surface area contributed by atoms with Crippen LogP contribution in [0.25, 0.3) is 0 Å². The second-order valence-corrected chi connectivity index (χ2v) is 5.96. The number of nitrogens with zero attached hydrogens (tertiary/aromatic N) is 1. The lowest BCUT2D eigenvalue weighted by atomic mass is 10.1. The molecule has 1 rings (SSSR count). The summed E-state index contributed by atoms with van der Waals surface area (Å²) in [4.78, 5) is 3.81. The third kappa shape index (κ3) is 4.41. The number of hydrogen-bond donors (Lipinski definition) is 2. The summed E-state index contributed by atoms with van der Waals surface area (Å²) in [5.74, 6) is 0.447. The summed E-state index contributed by atoms with van der Waals surface area (Å²) in [5, 5.41) is 8.81. The highest BCUT2D eigenvalue weighted by atomic mass is 32.2. The first-order valence-corrected chi connectivity index (χ1v) is 6.99. The lowest BCUT2D eigenvalue weighted by Gasteiger charge is -2.07. The molecular formula is C11H18N2O3S. The van der Waals surface area contributed by atoms with Gasteiger partial charge in [0.15, 0.2) is 5.03 Å². The van der Waals surface area contributed by atoms with Gasteiger partial charge in [-0.25, -0.2) is 18.1 Å². The number of aromatic nitrogens is 1. The molecule has 0 saturated carbocycles. The highest BCUT2D eigenvalue weighted by molar-refractivity contribution is 7.89. The van der Waals surface area contributed by atoms with Gasteiger partial charge in [-0.3, -0.25) is 0 Å². The van der Waals surface area contributed by atoms with Gasteiger partial charge in [-0.15, -0.1) is 0 Å². The first-order valence-electron chi connectivity index (χ1n) is 5.51. The smallest absolute Gasteiger partial charge is 0.258 e. The van der Waals surface area contributed by atoms with Crippen LogP contribution in [-0.4, -0.2) is 25.1 Å². The number of aliphatic hydroxyl groups is 1. The molecule has 1 heterocycles. The highest BCUT2D eigenvalue weighted by Gasteiger charge is 2.14. The molecule has 0 bridgehead atoms. The van der Waals surface area contributed by atoms with E-state index in [4.69, 9.17) is 5.11 Å². The van der Waals surface area contributed by atoms with Gasteiger partial charge in [-0.05, 0) is 24.0 Å². The molecule has 5 nitrogen and oxygen atoms in total. The number of rotatable bonds is 6. The van der Waals surface area contributed by atoms with Gasteiger partial charge in [0, 0.05) is 12.7 Å². The molecule has 96 valence electrons. The number of nitrogens with one attached hydrogen (secondary N) is 1. The van der Waals surface area contributed by atoms with Crippen molar-refractivity contribution in [1.82, 2.24) is 9.71 Å². The summed E-state index contributed by atoms with van der Waals surface area (Å²) in [6.07, 6.45) is 2.14.